The number of carbonyl (C=O) groups excluding carboxylic acids is 1. The summed E-state index contributed by atoms with van der Waals surface area (Å²) in [6, 6.07) is 21.2. The molecule has 23 heavy (non-hydrogen) atoms. The van der Waals surface area contributed by atoms with Crippen LogP contribution < -0.4 is 5.73 Å². The number of benzene rings is 2. The number of aromatic nitrogens is 1. The fourth-order valence-corrected chi connectivity index (χ4v) is 2.41. The quantitative estimate of drug-likeness (QED) is 0.440. The molecule has 0 aliphatic carbocycles. The Bertz CT molecular complexity index is 814. The van der Waals surface area contributed by atoms with Crippen molar-refractivity contribution < 1.29 is 4.79 Å². The third-order valence-electron chi connectivity index (χ3n) is 3.66. The van der Waals surface area contributed by atoms with Crippen molar-refractivity contribution in [3.63, 3.8) is 0 Å². The van der Waals surface area contributed by atoms with Crippen LogP contribution in [0.15, 0.2) is 79.0 Å². The second kappa shape index (κ2) is 6.79. The maximum Gasteiger partial charge on any atom is 0.185 e. The average Bonchev–Trinajstić information content (AvgIpc) is 3.01. The van der Waals surface area contributed by atoms with Gasteiger partial charge in [-0.3, -0.25) is 4.79 Å². The summed E-state index contributed by atoms with van der Waals surface area (Å²) in [7, 11) is 0. The molecular formula is C20H18N2O. The zero-order chi connectivity index (χ0) is 16.1. The normalized spacial score (nSPS) is 11.0. The summed E-state index contributed by atoms with van der Waals surface area (Å²) in [6.45, 7) is 0.781. The summed E-state index contributed by atoms with van der Waals surface area (Å²) >= 11 is 0. The fraction of sp³-hybridized carbons (Fsp3) is 0.0500. The molecule has 1 aromatic heterocycles. The molecule has 114 valence electrons. The maximum atomic E-state index is 12.2. The van der Waals surface area contributed by atoms with Crippen LogP contribution in [0, 0.1) is 0 Å². The van der Waals surface area contributed by atoms with Gasteiger partial charge in [0.25, 0.3) is 0 Å². The second-order valence-electron chi connectivity index (χ2n) is 5.37. The molecule has 0 spiro atoms. The fourth-order valence-electron chi connectivity index (χ4n) is 2.41. The number of carbonyl (C=O) groups is 1. The maximum absolute atomic E-state index is 12.2. The lowest BCUT2D eigenvalue weighted by Gasteiger charge is -2.06. The van der Waals surface area contributed by atoms with Crippen LogP contribution in [0.5, 0.6) is 0 Å². The third kappa shape index (κ3) is 3.77. The van der Waals surface area contributed by atoms with Crippen LogP contribution in [0.25, 0.3) is 6.08 Å². The van der Waals surface area contributed by atoms with Gasteiger partial charge in [0.2, 0.25) is 0 Å². The lowest BCUT2D eigenvalue weighted by Crippen LogP contribution is -2.00. The van der Waals surface area contributed by atoms with Gasteiger partial charge in [0.15, 0.2) is 5.78 Å². The van der Waals surface area contributed by atoms with Gasteiger partial charge in [-0.15, -0.1) is 0 Å². The molecule has 0 fully saturated rings. The monoisotopic (exact) mass is 302 g/mol. The first-order valence-electron chi connectivity index (χ1n) is 7.49. The average molecular weight is 302 g/mol. The molecule has 2 aromatic carbocycles. The molecule has 0 amide bonds. The Labute approximate surface area is 135 Å². The summed E-state index contributed by atoms with van der Waals surface area (Å²) in [4.78, 5) is 12.2. The van der Waals surface area contributed by atoms with Crippen molar-refractivity contribution in [1.29, 1.82) is 0 Å². The Morgan fingerprint density at radius 2 is 1.70 bits per heavy atom. The van der Waals surface area contributed by atoms with Crippen molar-refractivity contribution in [2.24, 2.45) is 0 Å². The van der Waals surface area contributed by atoms with Gasteiger partial charge in [0.1, 0.15) is 0 Å². The molecule has 0 saturated carbocycles. The molecule has 0 radical (unpaired) electrons. The van der Waals surface area contributed by atoms with E-state index < -0.39 is 0 Å². The zero-order valence-electron chi connectivity index (χ0n) is 12.7. The van der Waals surface area contributed by atoms with Crippen molar-refractivity contribution in [2.45, 2.75) is 6.54 Å². The lowest BCUT2D eigenvalue weighted by molar-refractivity contribution is 0.104. The lowest BCUT2D eigenvalue weighted by atomic mass is 10.1. The Morgan fingerprint density at radius 3 is 2.43 bits per heavy atom. The third-order valence-corrected chi connectivity index (χ3v) is 3.66. The highest BCUT2D eigenvalue weighted by molar-refractivity contribution is 6.06. The first-order valence-corrected chi connectivity index (χ1v) is 7.49. The highest BCUT2D eigenvalue weighted by Gasteiger charge is 2.03. The minimum Gasteiger partial charge on any atom is -0.399 e. The number of anilines is 1. The second-order valence-corrected chi connectivity index (χ2v) is 5.37. The summed E-state index contributed by atoms with van der Waals surface area (Å²) < 4.78 is 2.11. The van der Waals surface area contributed by atoms with Crippen molar-refractivity contribution in [2.75, 3.05) is 5.73 Å². The number of nitrogens with zero attached hydrogens (tertiary/aromatic N) is 1. The van der Waals surface area contributed by atoms with E-state index in [1.807, 2.05) is 42.6 Å². The van der Waals surface area contributed by atoms with Gasteiger partial charge in [-0.05, 0) is 54.1 Å². The molecule has 2 N–H and O–H groups in total. The SMILES string of the molecule is Nc1ccc(C(=O)/C=C/c2cccn2Cc2ccccc2)cc1. The number of hydrogen-bond donors (Lipinski definition) is 1. The Balaban J connectivity index is 1.74. The molecular weight excluding hydrogens is 284 g/mol. The molecule has 3 rings (SSSR count). The number of hydrogen-bond acceptors (Lipinski definition) is 2. The van der Waals surface area contributed by atoms with Crippen LogP contribution >= 0.6 is 0 Å². The first kappa shape index (κ1) is 14.9. The highest BCUT2D eigenvalue weighted by atomic mass is 16.1. The smallest absolute Gasteiger partial charge is 0.185 e. The van der Waals surface area contributed by atoms with E-state index in [-0.39, 0.29) is 5.78 Å². The molecule has 0 aliphatic rings. The number of nitrogen functional groups attached to an aromatic ring is 1. The van der Waals surface area contributed by atoms with E-state index in [0.29, 0.717) is 11.3 Å². The minimum absolute atomic E-state index is 0.0301. The van der Waals surface area contributed by atoms with Crippen LogP contribution in [-0.2, 0) is 6.54 Å². The Morgan fingerprint density at radius 1 is 0.957 bits per heavy atom. The standard InChI is InChI=1S/C20H18N2O/c21-18-10-8-17(9-11-18)20(23)13-12-19-7-4-14-22(19)15-16-5-2-1-3-6-16/h1-14H,15,21H2/b13-12+. The topological polar surface area (TPSA) is 48.0 Å². The molecule has 0 unspecified atom stereocenters. The predicted molar refractivity (Wildman–Crippen MR) is 94.2 cm³/mol. The predicted octanol–water partition coefficient (Wildman–Crippen LogP) is 4.01. The van der Waals surface area contributed by atoms with Gasteiger partial charge in [-0.2, -0.15) is 0 Å². The Kier molecular flexibility index (Phi) is 4.39. The summed E-state index contributed by atoms with van der Waals surface area (Å²) in [5, 5.41) is 0. The van der Waals surface area contributed by atoms with Gasteiger partial charge >= 0.3 is 0 Å². The molecule has 0 bridgehead atoms. The molecule has 0 aliphatic heterocycles. The minimum atomic E-state index is -0.0301. The van der Waals surface area contributed by atoms with E-state index in [4.69, 9.17) is 5.73 Å². The van der Waals surface area contributed by atoms with Gasteiger partial charge in [-0.25, -0.2) is 0 Å². The van der Waals surface area contributed by atoms with Gasteiger partial charge in [-0.1, -0.05) is 30.3 Å². The Hall–Kier alpha value is -3.07. The molecule has 3 nitrogen and oxygen atoms in total. The van der Waals surface area contributed by atoms with Crippen molar-refractivity contribution in [3.05, 3.63) is 95.8 Å². The number of nitrogens with two attached hydrogens (primary N) is 1. The molecule has 3 aromatic rings. The van der Waals surface area contributed by atoms with Crippen LogP contribution in [0.3, 0.4) is 0 Å². The van der Waals surface area contributed by atoms with Crippen LogP contribution in [0.1, 0.15) is 21.6 Å². The van der Waals surface area contributed by atoms with E-state index in [0.717, 1.165) is 12.2 Å². The van der Waals surface area contributed by atoms with Crippen molar-refractivity contribution >= 4 is 17.5 Å². The summed E-state index contributed by atoms with van der Waals surface area (Å²) in [5.41, 5.74) is 9.15. The molecule has 3 heteroatoms. The van der Waals surface area contributed by atoms with E-state index in [2.05, 4.69) is 16.7 Å². The van der Waals surface area contributed by atoms with E-state index in [9.17, 15) is 4.79 Å². The van der Waals surface area contributed by atoms with Crippen molar-refractivity contribution in [3.8, 4) is 0 Å². The van der Waals surface area contributed by atoms with Crippen LogP contribution in [0.4, 0.5) is 5.69 Å². The molecule has 0 saturated heterocycles. The van der Waals surface area contributed by atoms with Crippen molar-refractivity contribution in [1.82, 2.24) is 4.57 Å². The van der Waals surface area contributed by atoms with E-state index >= 15 is 0 Å². The van der Waals surface area contributed by atoms with Crippen LogP contribution in [0.2, 0.25) is 0 Å². The first-order chi connectivity index (χ1) is 11.2. The number of allylic oxidation sites excluding steroid dienone is 1. The van der Waals surface area contributed by atoms with Crippen LogP contribution in [-0.4, -0.2) is 10.4 Å². The summed E-state index contributed by atoms with van der Waals surface area (Å²) in [5.74, 6) is -0.0301. The largest absolute Gasteiger partial charge is 0.399 e. The number of ketones is 1. The highest BCUT2D eigenvalue weighted by Crippen LogP contribution is 2.11. The van der Waals surface area contributed by atoms with E-state index in [1.165, 1.54) is 5.56 Å². The van der Waals surface area contributed by atoms with Gasteiger partial charge in [0, 0.05) is 29.7 Å². The van der Waals surface area contributed by atoms with Gasteiger partial charge in [0.05, 0.1) is 0 Å². The van der Waals surface area contributed by atoms with E-state index in [1.54, 1.807) is 30.3 Å². The zero-order valence-corrected chi connectivity index (χ0v) is 12.7. The summed E-state index contributed by atoms with van der Waals surface area (Å²) in [6.07, 6.45) is 5.46. The number of rotatable bonds is 5. The molecule has 0 atom stereocenters. The van der Waals surface area contributed by atoms with Gasteiger partial charge < -0.3 is 10.3 Å². The molecule has 1 heterocycles.